The number of halogens is 1. The summed E-state index contributed by atoms with van der Waals surface area (Å²) < 4.78 is 0. The van der Waals surface area contributed by atoms with Gasteiger partial charge in [-0.1, -0.05) is 23.7 Å². The Hall–Kier alpha value is -1.85. The van der Waals surface area contributed by atoms with Crippen molar-refractivity contribution < 1.29 is 0 Å². The number of aromatic nitrogens is 2. The van der Waals surface area contributed by atoms with Gasteiger partial charge >= 0.3 is 0 Å². The Kier molecular flexibility index (Phi) is 3.71. The number of nitrogens with zero attached hydrogens (tertiary/aromatic N) is 2. The van der Waals surface area contributed by atoms with Crippen LogP contribution in [0.25, 0.3) is 0 Å². The van der Waals surface area contributed by atoms with Crippen molar-refractivity contribution in [3.63, 3.8) is 0 Å². The molecule has 5 nitrogen and oxygen atoms in total. The Bertz CT molecular complexity index is 595. The smallest absolute Gasteiger partial charge is 0.145 e. The van der Waals surface area contributed by atoms with Crippen molar-refractivity contribution in [1.29, 1.82) is 0 Å². The minimum Gasteiger partial charge on any atom is -0.366 e. The maximum Gasteiger partial charge on any atom is 0.145 e. The van der Waals surface area contributed by atoms with Gasteiger partial charge in [-0.2, -0.15) is 0 Å². The number of anilines is 2. The van der Waals surface area contributed by atoms with Crippen molar-refractivity contribution in [1.82, 2.24) is 9.97 Å². The van der Waals surface area contributed by atoms with Gasteiger partial charge in [-0.05, 0) is 30.5 Å². The molecule has 0 atom stereocenters. The zero-order valence-electron chi connectivity index (χ0n) is 10.9. The molecule has 104 valence electrons. The number of hydrazine groups is 1. The van der Waals surface area contributed by atoms with Gasteiger partial charge < -0.3 is 10.7 Å². The van der Waals surface area contributed by atoms with Crippen LogP contribution in [-0.2, 0) is 6.54 Å². The molecule has 0 amide bonds. The Morgan fingerprint density at radius 2 is 1.85 bits per heavy atom. The summed E-state index contributed by atoms with van der Waals surface area (Å²) in [6.07, 6.45) is 2.31. The van der Waals surface area contributed by atoms with E-state index in [1.54, 1.807) is 0 Å². The molecule has 20 heavy (non-hydrogen) atoms. The zero-order valence-corrected chi connectivity index (χ0v) is 11.7. The van der Waals surface area contributed by atoms with Crippen LogP contribution < -0.4 is 16.6 Å². The largest absolute Gasteiger partial charge is 0.366 e. The first-order valence-corrected chi connectivity index (χ1v) is 6.96. The van der Waals surface area contributed by atoms with E-state index in [0.29, 0.717) is 18.3 Å². The van der Waals surface area contributed by atoms with Gasteiger partial charge in [-0.3, -0.25) is 0 Å². The summed E-state index contributed by atoms with van der Waals surface area (Å²) in [5.74, 6) is 8.22. The molecule has 0 aliphatic heterocycles. The predicted molar refractivity (Wildman–Crippen MR) is 80.6 cm³/mol. The molecule has 1 heterocycles. The summed E-state index contributed by atoms with van der Waals surface area (Å²) in [4.78, 5) is 8.91. The first kappa shape index (κ1) is 13.1. The van der Waals surface area contributed by atoms with E-state index in [9.17, 15) is 0 Å². The Balaban J connectivity index is 1.72. The Morgan fingerprint density at radius 3 is 2.50 bits per heavy atom. The van der Waals surface area contributed by atoms with Crippen molar-refractivity contribution in [3.05, 3.63) is 46.7 Å². The zero-order chi connectivity index (χ0) is 13.9. The van der Waals surface area contributed by atoms with Crippen molar-refractivity contribution in [2.45, 2.75) is 25.3 Å². The first-order valence-electron chi connectivity index (χ1n) is 6.58. The molecule has 1 aliphatic carbocycles. The average Bonchev–Trinajstić information content (AvgIpc) is 3.31. The van der Waals surface area contributed by atoms with E-state index in [1.807, 2.05) is 30.3 Å². The topological polar surface area (TPSA) is 75.9 Å². The molecule has 0 bridgehead atoms. The molecule has 4 N–H and O–H groups in total. The maximum absolute atomic E-state index is 5.87. The van der Waals surface area contributed by atoms with Gasteiger partial charge in [0, 0.05) is 23.6 Å². The van der Waals surface area contributed by atoms with Gasteiger partial charge in [-0.15, -0.1) is 0 Å². The lowest BCUT2D eigenvalue weighted by Gasteiger charge is -2.09. The maximum atomic E-state index is 5.87. The lowest BCUT2D eigenvalue weighted by atomic mass is 10.2. The molecule has 2 aromatic rings. The molecule has 0 radical (unpaired) electrons. The highest BCUT2D eigenvalue weighted by molar-refractivity contribution is 6.30. The Labute approximate surface area is 122 Å². The van der Waals surface area contributed by atoms with Crippen LogP contribution in [0.4, 0.5) is 11.6 Å². The van der Waals surface area contributed by atoms with Crippen molar-refractivity contribution in [2.75, 3.05) is 10.7 Å². The van der Waals surface area contributed by atoms with Gasteiger partial charge in [0.1, 0.15) is 17.5 Å². The second-order valence-corrected chi connectivity index (χ2v) is 5.33. The number of hydrogen-bond donors (Lipinski definition) is 3. The third kappa shape index (κ3) is 3.18. The number of nitrogens with one attached hydrogen (secondary N) is 2. The summed E-state index contributed by atoms with van der Waals surface area (Å²) in [5.41, 5.74) is 3.73. The van der Waals surface area contributed by atoms with Crippen LogP contribution in [0.3, 0.4) is 0 Å². The predicted octanol–water partition coefficient (Wildman–Crippen LogP) is 2.91. The van der Waals surface area contributed by atoms with Crippen LogP contribution in [0.5, 0.6) is 0 Å². The average molecular weight is 290 g/mol. The van der Waals surface area contributed by atoms with Gasteiger partial charge in [0.15, 0.2) is 0 Å². The third-order valence-corrected chi connectivity index (χ3v) is 3.47. The molecule has 1 aliphatic rings. The third-order valence-electron chi connectivity index (χ3n) is 3.22. The normalized spacial score (nSPS) is 14.1. The molecule has 1 fully saturated rings. The lowest BCUT2D eigenvalue weighted by Crippen LogP contribution is -2.12. The van der Waals surface area contributed by atoms with E-state index >= 15 is 0 Å². The fourth-order valence-electron chi connectivity index (χ4n) is 1.95. The summed E-state index contributed by atoms with van der Waals surface area (Å²) in [6.45, 7) is 0.683. The second kappa shape index (κ2) is 5.64. The van der Waals surface area contributed by atoms with E-state index in [2.05, 4.69) is 20.7 Å². The van der Waals surface area contributed by atoms with Crippen LogP contribution in [0.15, 0.2) is 30.3 Å². The second-order valence-electron chi connectivity index (χ2n) is 4.90. The molecule has 1 saturated carbocycles. The highest BCUT2D eigenvalue weighted by Gasteiger charge is 2.27. The van der Waals surface area contributed by atoms with Crippen molar-refractivity contribution in [3.8, 4) is 0 Å². The molecule has 6 heteroatoms. The van der Waals surface area contributed by atoms with E-state index in [1.165, 1.54) is 0 Å². The number of benzene rings is 1. The minimum absolute atomic E-state index is 0.486. The molecular formula is C14H16ClN5. The quantitative estimate of drug-likeness (QED) is 0.583. The fourth-order valence-corrected chi connectivity index (χ4v) is 2.08. The summed E-state index contributed by atoms with van der Waals surface area (Å²) >= 11 is 5.87. The van der Waals surface area contributed by atoms with Crippen LogP contribution in [0.2, 0.25) is 5.02 Å². The molecule has 1 aromatic heterocycles. The van der Waals surface area contributed by atoms with Crippen molar-refractivity contribution in [2.24, 2.45) is 5.84 Å². The van der Waals surface area contributed by atoms with Crippen LogP contribution in [-0.4, -0.2) is 9.97 Å². The lowest BCUT2D eigenvalue weighted by molar-refractivity contribution is 0.920. The number of nitrogen functional groups attached to an aromatic ring is 1. The standard InChI is InChI=1S/C14H16ClN5/c15-11-5-1-9(2-6-11)8-17-12-7-13(20-16)19-14(18-12)10-3-4-10/h1-2,5-7,10H,3-4,8,16H2,(H2,17,18,19,20). The van der Waals surface area contributed by atoms with Crippen LogP contribution in [0.1, 0.15) is 30.1 Å². The monoisotopic (exact) mass is 289 g/mol. The van der Waals surface area contributed by atoms with E-state index in [-0.39, 0.29) is 0 Å². The van der Waals surface area contributed by atoms with Gasteiger partial charge in [0.05, 0.1) is 0 Å². The van der Waals surface area contributed by atoms with Gasteiger partial charge in [0.25, 0.3) is 0 Å². The highest BCUT2D eigenvalue weighted by Crippen LogP contribution is 2.38. The highest BCUT2D eigenvalue weighted by atomic mass is 35.5. The molecule has 0 saturated heterocycles. The van der Waals surface area contributed by atoms with E-state index < -0.39 is 0 Å². The molecule has 1 aromatic carbocycles. The van der Waals surface area contributed by atoms with E-state index in [4.69, 9.17) is 17.4 Å². The number of rotatable bonds is 5. The fraction of sp³-hybridized carbons (Fsp3) is 0.286. The summed E-state index contributed by atoms with van der Waals surface area (Å²) in [7, 11) is 0. The number of hydrogen-bond acceptors (Lipinski definition) is 5. The summed E-state index contributed by atoms with van der Waals surface area (Å²) in [6, 6.07) is 9.53. The number of nitrogens with two attached hydrogens (primary N) is 1. The first-order chi connectivity index (χ1) is 9.74. The van der Waals surface area contributed by atoms with Crippen LogP contribution in [0, 0.1) is 0 Å². The summed E-state index contributed by atoms with van der Waals surface area (Å²) in [5, 5.41) is 4.03. The molecule has 3 rings (SSSR count). The van der Waals surface area contributed by atoms with Gasteiger partial charge in [-0.25, -0.2) is 15.8 Å². The van der Waals surface area contributed by atoms with Crippen LogP contribution >= 0.6 is 11.6 Å². The van der Waals surface area contributed by atoms with Gasteiger partial charge in [0.2, 0.25) is 0 Å². The van der Waals surface area contributed by atoms with E-state index in [0.717, 1.165) is 35.1 Å². The molecular weight excluding hydrogens is 274 g/mol. The SMILES string of the molecule is NNc1cc(NCc2ccc(Cl)cc2)nc(C2CC2)n1. The van der Waals surface area contributed by atoms with Crippen molar-refractivity contribution >= 4 is 23.2 Å². The molecule has 0 unspecified atom stereocenters. The Morgan fingerprint density at radius 1 is 1.15 bits per heavy atom. The minimum atomic E-state index is 0.486. The molecule has 0 spiro atoms.